The van der Waals surface area contributed by atoms with Crippen molar-refractivity contribution in [3.05, 3.63) is 41.5 Å². The van der Waals surface area contributed by atoms with Crippen LogP contribution in [-0.4, -0.2) is 29.0 Å². The zero-order valence-electron chi connectivity index (χ0n) is 12.6. The lowest BCUT2D eigenvalue weighted by Crippen LogP contribution is -2.45. The second kappa shape index (κ2) is 7.36. The Morgan fingerprint density at radius 2 is 1.90 bits per heavy atom. The Morgan fingerprint density at radius 3 is 2.52 bits per heavy atom. The monoisotopic (exact) mass is 302 g/mol. The Balaban J connectivity index is 1.83. The van der Waals surface area contributed by atoms with Gasteiger partial charge in [-0.15, -0.1) is 0 Å². The topological polar surface area (TPSA) is 32.3 Å². The summed E-state index contributed by atoms with van der Waals surface area (Å²) in [6.07, 6.45) is 5.60. The number of hydrogen-bond donors (Lipinski definition) is 1. The molecular weight excluding hydrogens is 280 g/mol. The molecule has 1 N–H and O–H groups in total. The van der Waals surface area contributed by atoms with E-state index in [0.717, 1.165) is 37.4 Å². The first-order chi connectivity index (χ1) is 10.0. The molecule has 2 rings (SSSR count). The average molecular weight is 302 g/mol. The van der Waals surface area contributed by atoms with E-state index >= 15 is 0 Å². The largest absolute Gasteiger partial charge is 0.349 e. The van der Waals surface area contributed by atoms with Crippen molar-refractivity contribution in [3.63, 3.8) is 0 Å². The van der Waals surface area contributed by atoms with Crippen LogP contribution in [0.1, 0.15) is 30.9 Å². The minimum Gasteiger partial charge on any atom is -0.349 e. The van der Waals surface area contributed by atoms with Gasteiger partial charge in [0.05, 0.1) is 0 Å². The SMILES string of the molecule is Cc1ccc(/C=C/C(=O)NC(=S)N2CCC(C)CC2)cc1. The van der Waals surface area contributed by atoms with Crippen LogP contribution in [0.25, 0.3) is 6.08 Å². The van der Waals surface area contributed by atoms with Gasteiger partial charge < -0.3 is 4.90 Å². The number of aryl methyl sites for hydroxylation is 1. The van der Waals surface area contributed by atoms with Crippen molar-refractivity contribution in [2.75, 3.05) is 13.1 Å². The number of rotatable bonds is 2. The minimum atomic E-state index is -0.167. The zero-order valence-corrected chi connectivity index (χ0v) is 13.5. The summed E-state index contributed by atoms with van der Waals surface area (Å²) in [5.41, 5.74) is 2.21. The van der Waals surface area contributed by atoms with Crippen LogP contribution in [0.2, 0.25) is 0 Å². The quantitative estimate of drug-likeness (QED) is 0.673. The molecule has 112 valence electrons. The Bertz CT molecular complexity index is 528. The normalized spacial score (nSPS) is 16.2. The summed E-state index contributed by atoms with van der Waals surface area (Å²) in [7, 11) is 0. The standard InChI is InChI=1S/C17H22N2OS/c1-13-3-5-15(6-4-13)7-8-16(20)18-17(21)19-11-9-14(2)10-12-19/h3-8,14H,9-12H2,1-2H3,(H,18,20,21)/b8-7+. The van der Waals surface area contributed by atoms with Gasteiger partial charge in [0, 0.05) is 19.2 Å². The molecule has 3 nitrogen and oxygen atoms in total. The third-order valence-electron chi connectivity index (χ3n) is 3.81. The van der Waals surface area contributed by atoms with Gasteiger partial charge in [-0.2, -0.15) is 0 Å². The van der Waals surface area contributed by atoms with Crippen LogP contribution in [0, 0.1) is 12.8 Å². The third-order valence-corrected chi connectivity index (χ3v) is 4.17. The summed E-state index contributed by atoms with van der Waals surface area (Å²) >= 11 is 5.30. The molecule has 0 atom stereocenters. The van der Waals surface area contributed by atoms with Crippen molar-refractivity contribution in [2.24, 2.45) is 5.92 Å². The lowest BCUT2D eigenvalue weighted by Gasteiger charge is -2.31. The number of nitrogens with one attached hydrogen (secondary N) is 1. The number of hydrogen-bond acceptors (Lipinski definition) is 2. The predicted octanol–water partition coefficient (Wildman–Crippen LogP) is 3.14. The first kappa shape index (κ1) is 15.7. The molecule has 0 radical (unpaired) electrons. The van der Waals surface area contributed by atoms with E-state index in [1.54, 1.807) is 6.08 Å². The van der Waals surface area contributed by atoms with E-state index in [0.29, 0.717) is 5.11 Å². The number of benzene rings is 1. The van der Waals surface area contributed by atoms with Crippen LogP contribution in [-0.2, 0) is 4.79 Å². The Hall–Kier alpha value is -1.68. The van der Waals surface area contributed by atoms with Crippen molar-refractivity contribution in [2.45, 2.75) is 26.7 Å². The second-order valence-electron chi connectivity index (χ2n) is 5.71. The van der Waals surface area contributed by atoms with Crippen LogP contribution < -0.4 is 5.32 Å². The summed E-state index contributed by atoms with van der Waals surface area (Å²) in [4.78, 5) is 14.0. The molecule has 1 heterocycles. The highest BCUT2D eigenvalue weighted by molar-refractivity contribution is 7.80. The highest BCUT2D eigenvalue weighted by Gasteiger charge is 2.18. The van der Waals surface area contributed by atoms with E-state index in [4.69, 9.17) is 12.2 Å². The number of piperidine rings is 1. The molecule has 0 spiro atoms. The Morgan fingerprint density at radius 1 is 1.29 bits per heavy atom. The van der Waals surface area contributed by atoms with Gasteiger partial charge in [-0.25, -0.2) is 0 Å². The molecule has 0 bridgehead atoms. The molecule has 1 fully saturated rings. The van der Waals surface area contributed by atoms with Gasteiger partial charge in [0.25, 0.3) is 0 Å². The van der Waals surface area contributed by atoms with Crippen LogP contribution in [0.4, 0.5) is 0 Å². The Kier molecular flexibility index (Phi) is 5.51. The molecule has 1 aromatic rings. The van der Waals surface area contributed by atoms with Gasteiger partial charge in [-0.1, -0.05) is 36.8 Å². The van der Waals surface area contributed by atoms with E-state index < -0.39 is 0 Å². The van der Waals surface area contributed by atoms with Gasteiger partial charge in [0.2, 0.25) is 5.91 Å². The smallest absolute Gasteiger partial charge is 0.250 e. The maximum Gasteiger partial charge on any atom is 0.250 e. The summed E-state index contributed by atoms with van der Waals surface area (Å²) in [5, 5.41) is 3.32. The van der Waals surface area contributed by atoms with Crippen molar-refractivity contribution >= 4 is 29.3 Å². The molecule has 0 aliphatic carbocycles. The van der Waals surface area contributed by atoms with E-state index in [1.807, 2.05) is 31.2 Å². The number of amides is 1. The zero-order chi connectivity index (χ0) is 15.2. The van der Waals surface area contributed by atoms with Gasteiger partial charge in [-0.3, -0.25) is 10.1 Å². The number of nitrogens with zero attached hydrogens (tertiary/aromatic N) is 1. The molecule has 1 aliphatic rings. The lowest BCUT2D eigenvalue weighted by atomic mass is 10.00. The molecule has 21 heavy (non-hydrogen) atoms. The number of likely N-dealkylation sites (tertiary alicyclic amines) is 1. The van der Waals surface area contributed by atoms with Crippen LogP contribution >= 0.6 is 12.2 Å². The van der Waals surface area contributed by atoms with Gasteiger partial charge in [0.1, 0.15) is 0 Å². The van der Waals surface area contributed by atoms with E-state index in [9.17, 15) is 4.79 Å². The van der Waals surface area contributed by atoms with Crippen LogP contribution in [0.5, 0.6) is 0 Å². The molecule has 1 aliphatic heterocycles. The van der Waals surface area contributed by atoms with Crippen molar-refractivity contribution < 1.29 is 4.79 Å². The molecule has 0 saturated carbocycles. The highest BCUT2D eigenvalue weighted by Crippen LogP contribution is 2.15. The molecule has 0 unspecified atom stereocenters. The second-order valence-corrected chi connectivity index (χ2v) is 6.09. The summed E-state index contributed by atoms with van der Waals surface area (Å²) in [5.74, 6) is 0.584. The molecule has 4 heteroatoms. The van der Waals surface area contributed by atoms with E-state index in [1.165, 1.54) is 11.6 Å². The van der Waals surface area contributed by atoms with Gasteiger partial charge in [0.15, 0.2) is 5.11 Å². The number of thiocarbonyl (C=S) groups is 1. The molecule has 1 amide bonds. The average Bonchev–Trinajstić information content (AvgIpc) is 2.47. The fraction of sp³-hybridized carbons (Fsp3) is 0.412. The van der Waals surface area contributed by atoms with Crippen molar-refractivity contribution in [1.82, 2.24) is 10.2 Å². The van der Waals surface area contributed by atoms with E-state index in [2.05, 4.69) is 17.1 Å². The van der Waals surface area contributed by atoms with Crippen LogP contribution in [0.3, 0.4) is 0 Å². The molecule has 1 aromatic carbocycles. The number of carbonyl (C=O) groups is 1. The maximum atomic E-state index is 11.9. The predicted molar refractivity (Wildman–Crippen MR) is 90.9 cm³/mol. The minimum absolute atomic E-state index is 0.167. The van der Waals surface area contributed by atoms with Gasteiger partial charge >= 0.3 is 0 Å². The number of carbonyl (C=O) groups excluding carboxylic acids is 1. The fourth-order valence-electron chi connectivity index (χ4n) is 2.29. The fourth-order valence-corrected chi connectivity index (χ4v) is 2.57. The first-order valence-electron chi connectivity index (χ1n) is 7.39. The lowest BCUT2D eigenvalue weighted by molar-refractivity contribution is -0.115. The molecule has 1 saturated heterocycles. The first-order valence-corrected chi connectivity index (χ1v) is 7.80. The van der Waals surface area contributed by atoms with Crippen molar-refractivity contribution in [3.8, 4) is 0 Å². The maximum absolute atomic E-state index is 11.9. The molecular formula is C17H22N2OS. The summed E-state index contributed by atoms with van der Waals surface area (Å²) < 4.78 is 0. The third kappa shape index (κ3) is 4.97. The molecule has 0 aromatic heterocycles. The highest BCUT2D eigenvalue weighted by atomic mass is 32.1. The van der Waals surface area contributed by atoms with E-state index in [-0.39, 0.29) is 5.91 Å². The van der Waals surface area contributed by atoms with Gasteiger partial charge in [-0.05, 0) is 49.5 Å². The Labute approximate surface area is 132 Å². The summed E-state index contributed by atoms with van der Waals surface area (Å²) in [6.45, 7) is 6.16. The summed E-state index contributed by atoms with van der Waals surface area (Å²) in [6, 6.07) is 8.03. The van der Waals surface area contributed by atoms with Crippen LogP contribution in [0.15, 0.2) is 30.3 Å². The van der Waals surface area contributed by atoms with Crippen molar-refractivity contribution in [1.29, 1.82) is 0 Å².